The highest BCUT2D eigenvalue weighted by Gasteiger charge is 2.29. The quantitative estimate of drug-likeness (QED) is 0.871. The van der Waals surface area contributed by atoms with E-state index in [4.69, 9.17) is 0 Å². The number of hydrogen-bond donors (Lipinski definition) is 2. The maximum Gasteiger partial charge on any atom is 0.339 e. The van der Waals surface area contributed by atoms with Crippen LogP contribution in [0.3, 0.4) is 0 Å². The summed E-state index contributed by atoms with van der Waals surface area (Å²) in [5, 5.41) is 13.0. The Morgan fingerprint density at radius 2 is 1.83 bits per heavy atom. The molecule has 6 heteroatoms. The van der Waals surface area contributed by atoms with Gasteiger partial charge in [0.2, 0.25) is 5.91 Å². The predicted octanol–water partition coefficient (Wildman–Crippen LogP) is 3.53. The Morgan fingerprint density at radius 1 is 1.17 bits per heavy atom. The third kappa shape index (κ3) is 3.49. The third-order valence-electron chi connectivity index (χ3n) is 5.34. The van der Waals surface area contributed by atoms with Crippen LogP contribution in [-0.2, 0) is 17.6 Å². The number of fused-ring (bicyclic) bond motifs is 1. The average Bonchev–Trinajstić information content (AvgIpc) is 2.89. The van der Waals surface area contributed by atoms with Crippen molar-refractivity contribution in [2.24, 2.45) is 0 Å². The van der Waals surface area contributed by atoms with Crippen molar-refractivity contribution in [1.82, 2.24) is 4.90 Å². The first kappa shape index (κ1) is 17.4. The van der Waals surface area contributed by atoms with Crippen molar-refractivity contribution in [3.8, 4) is 0 Å². The minimum absolute atomic E-state index is 0.100. The molecular formula is C18H26N2O3S. The monoisotopic (exact) mass is 350 g/mol. The number of aryl methyl sites for hydroxylation is 1. The Labute approximate surface area is 147 Å². The van der Waals surface area contributed by atoms with Gasteiger partial charge in [0.15, 0.2) is 0 Å². The lowest BCUT2D eigenvalue weighted by Crippen LogP contribution is -2.47. The topological polar surface area (TPSA) is 69.6 Å². The molecule has 2 unspecified atom stereocenters. The molecular weight excluding hydrogens is 324 g/mol. The fourth-order valence-electron chi connectivity index (χ4n) is 4.00. The minimum atomic E-state index is -0.926. The molecule has 1 saturated heterocycles. The van der Waals surface area contributed by atoms with E-state index in [0.717, 1.165) is 49.0 Å². The van der Waals surface area contributed by atoms with E-state index in [0.29, 0.717) is 29.2 Å². The van der Waals surface area contributed by atoms with Crippen molar-refractivity contribution in [3.63, 3.8) is 0 Å². The summed E-state index contributed by atoms with van der Waals surface area (Å²) in [7, 11) is 0. The lowest BCUT2D eigenvalue weighted by Gasteiger charge is -2.38. The van der Waals surface area contributed by atoms with E-state index >= 15 is 0 Å². The molecule has 0 saturated carbocycles. The SMILES string of the molecule is CC1CCCC(C)N1CC(=O)Nc1sc2c(c1C(=O)O)CCCC2. The average molecular weight is 350 g/mol. The molecule has 3 rings (SSSR count). The number of aromatic carboxylic acids is 1. The summed E-state index contributed by atoms with van der Waals surface area (Å²) in [4.78, 5) is 27.6. The summed E-state index contributed by atoms with van der Waals surface area (Å²) >= 11 is 1.45. The zero-order valence-corrected chi connectivity index (χ0v) is 15.2. The fourth-order valence-corrected chi connectivity index (χ4v) is 5.30. The smallest absolute Gasteiger partial charge is 0.339 e. The van der Waals surface area contributed by atoms with Gasteiger partial charge in [0, 0.05) is 17.0 Å². The molecule has 2 aliphatic rings. The van der Waals surface area contributed by atoms with Gasteiger partial charge in [-0.3, -0.25) is 9.69 Å². The first-order chi connectivity index (χ1) is 11.5. The number of nitrogens with one attached hydrogen (secondary N) is 1. The molecule has 0 radical (unpaired) electrons. The summed E-state index contributed by atoms with van der Waals surface area (Å²) in [6, 6.07) is 0.796. The lowest BCUT2D eigenvalue weighted by atomic mass is 9.95. The molecule has 1 aromatic heterocycles. The van der Waals surface area contributed by atoms with Gasteiger partial charge in [-0.05, 0) is 57.9 Å². The lowest BCUT2D eigenvalue weighted by molar-refractivity contribution is -0.118. The predicted molar refractivity (Wildman–Crippen MR) is 96.0 cm³/mol. The van der Waals surface area contributed by atoms with Crippen LogP contribution in [0.5, 0.6) is 0 Å². The number of hydrogen-bond acceptors (Lipinski definition) is 4. The van der Waals surface area contributed by atoms with Crippen LogP contribution in [0.1, 0.15) is 66.8 Å². The van der Waals surface area contributed by atoms with Crippen LogP contribution in [0.25, 0.3) is 0 Å². The molecule has 2 N–H and O–H groups in total. The van der Waals surface area contributed by atoms with Gasteiger partial charge in [0.25, 0.3) is 0 Å². The maximum atomic E-state index is 12.5. The second-order valence-corrected chi connectivity index (χ2v) is 8.17. The molecule has 0 aromatic carbocycles. The Bertz CT molecular complexity index is 630. The van der Waals surface area contributed by atoms with Gasteiger partial charge in [-0.2, -0.15) is 0 Å². The first-order valence-corrected chi connectivity index (χ1v) is 9.72. The number of rotatable bonds is 4. The number of thiophene rings is 1. The number of carbonyl (C=O) groups excluding carboxylic acids is 1. The number of likely N-dealkylation sites (tertiary alicyclic amines) is 1. The minimum Gasteiger partial charge on any atom is -0.478 e. The third-order valence-corrected chi connectivity index (χ3v) is 6.55. The van der Waals surface area contributed by atoms with Crippen LogP contribution >= 0.6 is 11.3 Å². The molecule has 1 fully saturated rings. The number of nitrogens with zero attached hydrogens (tertiary/aromatic N) is 1. The molecule has 1 aliphatic carbocycles. The van der Waals surface area contributed by atoms with Crippen molar-refractivity contribution >= 4 is 28.2 Å². The summed E-state index contributed by atoms with van der Waals surface area (Å²) in [5.74, 6) is -1.03. The molecule has 132 valence electrons. The highest BCUT2D eigenvalue weighted by Crippen LogP contribution is 2.38. The van der Waals surface area contributed by atoms with Crippen molar-refractivity contribution in [3.05, 3.63) is 16.0 Å². The van der Waals surface area contributed by atoms with E-state index in [9.17, 15) is 14.7 Å². The summed E-state index contributed by atoms with van der Waals surface area (Å²) in [6.07, 6.45) is 7.31. The molecule has 2 heterocycles. The molecule has 1 amide bonds. The number of amides is 1. The van der Waals surface area contributed by atoms with Crippen molar-refractivity contribution in [2.45, 2.75) is 70.9 Å². The summed E-state index contributed by atoms with van der Waals surface area (Å²) < 4.78 is 0. The van der Waals surface area contributed by atoms with Crippen LogP contribution in [0.4, 0.5) is 5.00 Å². The van der Waals surface area contributed by atoms with E-state index in [1.165, 1.54) is 17.8 Å². The Kier molecular flexibility index (Phi) is 5.25. The van der Waals surface area contributed by atoms with Crippen molar-refractivity contribution < 1.29 is 14.7 Å². The zero-order valence-electron chi connectivity index (χ0n) is 14.4. The Hall–Kier alpha value is -1.40. The molecule has 1 aliphatic heterocycles. The molecule has 0 bridgehead atoms. The van der Waals surface area contributed by atoms with Gasteiger partial charge in [-0.15, -0.1) is 11.3 Å². The van der Waals surface area contributed by atoms with E-state index in [1.807, 2.05) is 0 Å². The number of carboxylic acids is 1. The first-order valence-electron chi connectivity index (χ1n) is 8.90. The van der Waals surface area contributed by atoms with Gasteiger partial charge in [0.05, 0.1) is 12.1 Å². The largest absolute Gasteiger partial charge is 0.478 e. The van der Waals surface area contributed by atoms with Crippen LogP contribution in [0, 0.1) is 0 Å². The molecule has 24 heavy (non-hydrogen) atoms. The highest BCUT2D eigenvalue weighted by molar-refractivity contribution is 7.17. The molecule has 2 atom stereocenters. The fraction of sp³-hybridized carbons (Fsp3) is 0.667. The molecule has 0 spiro atoms. The zero-order chi connectivity index (χ0) is 17.3. The second-order valence-electron chi connectivity index (χ2n) is 7.07. The maximum absolute atomic E-state index is 12.5. The van der Waals surface area contributed by atoms with E-state index < -0.39 is 5.97 Å². The molecule has 5 nitrogen and oxygen atoms in total. The number of carboxylic acid groups (broad SMARTS) is 1. The van der Waals surface area contributed by atoms with Gasteiger partial charge in [0.1, 0.15) is 5.00 Å². The van der Waals surface area contributed by atoms with Crippen molar-refractivity contribution in [1.29, 1.82) is 0 Å². The summed E-state index contributed by atoms with van der Waals surface area (Å²) in [6.45, 7) is 4.66. The standard InChI is InChI=1S/C18H26N2O3S/c1-11-6-5-7-12(2)20(11)10-15(21)19-17-16(18(22)23)13-8-3-4-9-14(13)24-17/h11-12H,3-10H2,1-2H3,(H,19,21)(H,22,23). The van der Waals surface area contributed by atoms with E-state index in [-0.39, 0.29) is 5.91 Å². The number of piperidine rings is 1. The van der Waals surface area contributed by atoms with Crippen LogP contribution < -0.4 is 5.32 Å². The Morgan fingerprint density at radius 3 is 2.50 bits per heavy atom. The number of anilines is 1. The van der Waals surface area contributed by atoms with Crippen LogP contribution in [0.15, 0.2) is 0 Å². The molecule has 1 aromatic rings. The normalized spacial score (nSPS) is 24.4. The van der Waals surface area contributed by atoms with Gasteiger partial charge < -0.3 is 10.4 Å². The number of carbonyl (C=O) groups is 2. The van der Waals surface area contributed by atoms with E-state index in [2.05, 4.69) is 24.1 Å². The van der Waals surface area contributed by atoms with Crippen molar-refractivity contribution in [2.75, 3.05) is 11.9 Å². The van der Waals surface area contributed by atoms with Crippen LogP contribution in [-0.4, -0.2) is 40.5 Å². The Balaban J connectivity index is 1.74. The van der Waals surface area contributed by atoms with Gasteiger partial charge in [-0.25, -0.2) is 4.79 Å². The van der Waals surface area contributed by atoms with Crippen LogP contribution in [0.2, 0.25) is 0 Å². The van der Waals surface area contributed by atoms with E-state index in [1.54, 1.807) is 0 Å². The van der Waals surface area contributed by atoms with Gasteiger partial charge in [-0.1, -0.05) is 6.42 Å². The highest BCUT2D eigenvalue weighted by atomic mass is 32.1. The second kappa shape index (κ2) is 7.23. The summed E-state index contributed by atoms with van der Waals surface area (Å²) in [5.41, 5.74) is 1.26. The van der Waals surface area contributed by atoms with Gasteiger partial charge >= 0.3 is 5.97 Å².